The fourth-order valence-corrected chi connectivity index (χ4v) is 5.52. The van der Waals surface area contributed by atoms with E-state index in [0.717, 1.165) is 0 Å². The van der Waals surface area contributed by atoms with Gasteiger partial charge in [-0.25, -0.2) is 14.5 Å². The summed E-state index contributed by atoms with van der Waals surface area (Å²) in [5.41, 5.74) is 7.73. The zero-order valence-electron chi connectivity index (χ0n) is 31.8. The summed E-state index contributed by atoms with van der Waals surface area (Å²) in [6, 6.07) is 11.8. The van der Waals surface area contributed by atoms with Crippen LogP contribution in [0.5, 0.6) is 5.75 Å². The number of nitrogens with two attached hydrogens (primary N) is 1. The Morgan fingerprint density at radius 1 is 1.15 bits per heavy atom. The van der Waals surface area contributed by atoms with Gasteiger partial charge in [0.15, 0.2) is 5.82 Å². The molecule has 0 saturated heterocycles. The minimum absolute atomic E-state index is 0.0386. The van der Waals surface area contributed by atoms with Gasteiger partial charge in [0, 0.05) is 24.3 Å². The van der Waals surface area contributed by atoms with Crippen LogP contribution in [0.3, 0.4) is 0 Å². The number of ether oxygens (including phenoxy) is 2. The van der Waals surface area contributed by atoms with Crippen molar-refractivity contribution in [3.8, 4) is 5.75 Å². The molecule has 0 aliphatic rings. The van der Waals surface area contributed by atoms with Crippen LogP contribution in [0.25, 0.3) is 21.9 Å². The summed E-state index contributed by atoms with van der Waals surface area (Å²) in [5.74, 6) is -1.56. The van der Waals surface area contributed by atoms with Crippen LogP contribution in [0, 0.1) is 0 Å². The first kappa shape index (κ1) is 18.8. The van der Waals surface area contributed by atoms with E-state index in [9.17, 15) is 9.36 Å². The number of nitrogens with zero attached hydrogens (tertiary/aromatic N) is 3. The van der Waals surface area contributed by atoms with E-state index in [1.54, 1.807) is 41.8 Å². The van der Waals surface area contributed by atoms with Gasteiger partial charge in [0.05, 0.1) is 31.1 Å². The fraction of sp³-hybridized carbons (Fsp3) is 0.393. The van der Waals surface area contributed by atoms with Gasteiger partial charge in [-0.1, -0.05) is 36.4 Å². The molecule has 2 heterocycles. The number of fused-ring (bicyclic) bond motifs is 3. The molecule has 0 fully saturated rings. The van der Waals surface area contributed by atoms with Gasteiger partial charge >= 0.3 is 13.7 Å². The molecule has 2 aromatic carbocycles. The molecule has 40 heavy (non-hydrogen) atoms. The summed E-state index contributed by atoms with van der Waals surface area (Å²) in [6.07, 6.45) is -4.99. The van der Waals surface area contributed by atoms with Gasteiger partial charge in [-0.3, -0.25) is 9.32 Å². The molecule has 0 spiro atoms. The molecule has 0 saturated carbocycles. The molecule has 3 N–H and O–H groups in total. The van der Waals surface area contributed by atoms with Gasteiger partial charge in [-0.15, -0.1) is 0 Å². The predicted molar refractivity (Wildman–Crippen MR) is 154 cm³/mol. The highest BCUT2D eigenvalue weighted by Crippen LogP contribution is 2.46. The second kappa shape index (κ2) is 12.8. The van der Waals surface area contributed by atoms with Crippen molar-refractivity contribution in [3.05, 3.63) is 60.4 Å². The van der Waals surface area contributed by atoms with E-state index in [2.05, 4.69) is 14.7 Å². The normalized spacial score (nSPS) is 19.6. The molecule has 0 aliphatic heterocycles. The number of hydrogen-bond acceptors (Lipinski definition) is 9. The van der Waals surface area contributed by atoms with Crippen molar-refractivity contribution < 1.29 is 41.6 Å². The molecular formula is C28H36N5O6P. The summed E-state index contributed by atoms with van der Waals surface area (Å²) in [7, 11) is -4.98. The summed E-state index contributed by atoms with van der Waals surface area (Å²) in [6.45, 7) is -7.37. The van der Waals surface area contributed by atoms with Crippen LogP contribution in [0.2, 0.25) is 0 Å². The SMILES string of the molecule is [2H]C([2H])([2H])[C@H](N[P@@](=O)(Oc1ccccc1)O[C@@H](C)Cn1c(COCC)nc2c(N)nc3ccccc3c21)C(=O)OC([2H])(C([2H])([2H])[2H])C([2H])([2H])[2H]. The van der Waals surface area contributed by atoms with Crippen molar-refractivity contribution in [2.45, 2.75) is 65.8 Å². The Bertz CT molecular complexity index is 1860. The number of nitrogens with one attached hydrogen (secondary N) is 1. The Kier molecular flexibility index (Phi) is 6.00. The second-order valence-electron chi connectivity index (χ2n) is 8.62. The first-order valence-corrected chi connectivity index (χ1v) is 13.8. The maximum absolute atomic E-state index is 14.5. The number of pyridine rings is 1. The molecule has 0 unspecified atom stereocenters. The average Bonchev–Trinajstić information content (AvgIpc) is 3.36. The maximum Gasteiger partial charge on any atom is 0.459 e. The average molecular weight is 580 g/mol. The molecule has 0 bridgehead atoms. The molecule has 12 heteroatoms. The molecule has 4 aromatic rings. The molecular weight excluding hydrogens is 533 g/mol. The first-order chi connectivity index (χ1) is 23.1. The Hall–Kier alpha value is -3.50. The quantitative estimate of drug-likeness (QED) is 0.160. The van der Waals surface area contributed by atoms with Crippen molar-refractivity contribution in [2.24, 2.45) is 0 Å². The van der Waals surface area contributed by atoms with E-state index >= 15 is 0 Å². The van der Waals surface area contributed by atoms with Crippen molar-refractivity contribution in [3.63, 3.8) is 0 Å². The van der Waals surface area contributed by atoms with Crippen LogP contribution in [0.4, 0.5) is 5.82 Å². The fourth-order valence-electron chi connectivity index (χ4n) is 4.00. The Labute approximate surface area is 247 Å². The third kappa shape index (κ3) is 6.98. The number of carbonyl (C=O) groups excluding carboxylic acids is 1. The summed E-state index contributed by atoms with van der Waals surface area (Å²) < 4.78 is 115. The summed E-state index contributed by atoms with van der Waals surface area (Å²) in [5, 5.41) is 2.70. The van der Waals surface area contributed by atoms with Crippen molar-refractivity contribution >= 4 is 41.5 Å². The van der Waals surface area contributed by atoms with Crippen LogP contribution < -0.4 is 15.3 Å². The number of hydrogen-bond donors (Lipinski definition) is 2. The van der Waals surface area contributed by atoms with E-state index in [-0.39, 0.29) is 24.7 Å². The summed E-state index contributed by atoms with van der Waals surface area (Å²) >= 11 is 0. The number of rotatable bonds is 13. The predicted octanol–water partition coefficient (Wildman–Crippen LogP) is 5.23. The lowest BCUT2D eigenvalue weighted by molar-refractivity contribution is -0.149. The standard InChI is InChI=1S/C28H36N5O6P/c1-6-36-17-24-31-25-26(22-14-10-11-15-23(22)30-27(25)29)33(24)16-19(4)38-40(35,39-21-12-8-7-9-13-21)32-20(5)28(34)37-18(2)3/h7-15,18-20H,6,16-17H2,1-5H3,(H2,29,30)(H,32,35)/t19-,20-,40-/m0/s1/i2D3,3D3,5D3,18D. The second-order valence-corrected chi connectivity index (χ2v) is 10.3. The molecule has 0 amide bonds. The number of nitrogen functional groups attached to an aromatic ring is 1. The van der Waals surface area contributed by atoms with E-state index in [1.165, 1.54) is 31.2 Å². The molecule has 0 radical (unpaired) electrons. The lowest BCUT2D eigenvalue weighted by atomic mass is 10.2. The number of benzene rings is 2. The molecule has 2 aromatic heterocycles. The monoisotopic (exact) mass is 579 g/mol. The Morgan fingerprint density at radius 2 is 1.90 bits per heavy atom. The third-order valence-corrected chi connectivity index (χ3v) is 7.24. The van der Waals surface area contributed by atoms with Crippen LogP contribution in [0.15, 0.2) is 54.6 Å². The summed E-state index contributed by atoms with van der Waals surface area (Å²) in [4.78, 5) is 22.3. The number of imidazole rings is 1. The third-order valence-electron chi connectivity index (χ3n) is 5.58. The van der Waals surface area contributed by atoms with E-state index < -0.39 is 52.5 Å². The number of esters is 1. The van der Waals surface area contributed by atoms with Gasteiger partial charge in [0.2, 0.25) is 0 Å². The molecule has 214 valence electrons. The molecule has 4 rings (SSSR count). The van der Waals surface area contributed by atoms with Crippen molar-refractivity contribution in [1.29, 1.82) is 0 Å². The topological polar surface area (TPSA) is 140 Å². The highest BCUT2D eigenvalue weighted by atomic mass is 31.2. The smallest absolute Gasteiger partial charge is 0.459 e. The van der Waals surface area contributed by atoms with Crippen LogP contribution in [-0.4, -0.2) is 45.3 Å². The van der Waals surface area contributed by atoms with E-state index in [1.807, 2.05) is 5.09 Å². The van der Waals surface area contributed by atoms with Gasteiger partial charge in [0.25, 0.3) is 0 Å². The zero-order chi connectivity index (χ0) is 37.3. The minimum Gasteiger partial charge on any atom is -0.462 e. The van der Waals surface area contributed by atoms with Crippen LogP contribution in [0.1, 0.15) is 53.9 Å². The van der Waals surface area contributed by atoms with Gasteiger partial charge in [-0.05, 0) is 52.6 Å². The van der Waals surface area contributed by atoms with Crippen molar-refractivity contribution in [2.75, 3.05) is 12.3 Å². The van der Waals surface area contributed by atoms with Gasteiger partial charge < -0.3 is 24.3 Å². The van der Waals surface area contributed by atoms with Crippen molar-refractivity contribution in [1.82, 2.24) is 19.6 Å². The first-order valence-electron chi connectivity index (χ1n) is 17.2. The number of carbonyl (C=O) groups is 1. The Balaban J connectivity index is 1.76. The van der Waals surface area contributed by atoms with E-state index in [4.69, 9.17) is 33.2 Å². The zero-order valence-corrected chi connectivity index (χ0v) is 22.7. The largest absolute Gasteiger partial charge is 0.462 e. The Morgan fingerprint density at radius 3 is 2.62 bits per heavy atom. The minimum atomic E-state index is -4.98. The lowest BCUT2D eigenvalue weighted by Crippen LogP contribution is -2.37. The van der Waals surface area contributed by atoms with Crippen LogP contribution in [-0.2, 0) is 36.5 Å². The van der Waals surface area contributed by atoms with Crippen LogP contribution >= 0.6 is 7.75 Å². The number of anilines is 1. The van der Waals surface area contributed by atoms with E-state index in [0.29, 0.717) is 34.4 Å². The van der Waals surface area contributed by atoms with Gasteiger partial charge in [-0.2, -0.15) is 5.09 Å². The number of para-hydroxylation sites is 2. The lowest BCUT2D eigenvalue weighted by Gasteiger charge is -2.26. The number of aromatic nitrogens is 3. The molecule has 11 nitrogen and oxygen atoms in total. The van der Waals surface area contributed by atoms with Gasteiger partial charge in [0.1, 0.15) is 29.7 Å². The maximum atomic E-state index is 14.5. The molecule has 0 aliphatic carbocycles. The molecule has 3 atom stereocenters. The highest BCUT2D eigenvalue weighted by molar-refractivity contribution is 7.52. The highest BCUT2D eigenvalue weighted by Gasteiger charge is 2.35.